The Morgan fingerprint density at radius 1 is 1.29 bits per heavy atom. The average Bonchev–Trinajstić information content (AvgIpc) is 3.55. The molecule has 0 saturated carbocycles. The van der Waals surface area contributed by atoms with Crippen molar-refractivity contribution in [2.24, 2.45) is 0 Å². The summed E-state index contributed by atoms with van der Waals surface area (Å²) < 4.78 is 9.28. The van der Waals surface area contributed by atoms with Gasteiger partial charge in [-0.2, -0.15) is 0 Å². The van der Waals surface area contributed by atoms with E-state index in [2.05, 4.69) is 37.2 Å². The lowest BCUT2D eigenvalue weighted by atomic mass is 10.1. The molecule has 180 valence electrons. The molecule has 2 aromatic heterocycles. The number of hydrogen-bond acceptors (Lipinski definition) is 9. The second-order valence-electron chi connectivity index (χ2n) is 7.94. The van der Waals surface area contributed by atoms with Gasteiger partial charge < -0.3 is 15.8 Å². The molecule has 4 N–H and O–H groups in total. The van der Waals surface area contributed by atoms with Crippen molar-refractivity contribution in [3.05, 3.63) is 35.4 Å². The predicted molar refractivity (Wildman–Crippen MR) is 126 cm³/mol. The quantitative estimate of drug-likeness (QED) is 0.399. The number of carbonyl (C=O) groups is 2. The second kappa shape index (κ2) is 10.7. The Kier molecular flexibility index (Phi) is 7.43. The standard InChI is InChI=1S/C21H27N9O3S/c1-13-5-3-6-14(9-13)10-30-18(22)17(25-28-30)19-26-27-21(29(19)11-15-7-4-8-33-15)34-12-16(31)24-20(32)23-2/h3,5-6,9,15H,4,7-8,10-12,22H2,1-2H3,(H2,23,24,31,32)/t15-/m1/s1. The SMILES string of the molecule is CNC(=O)NC(=O)CSc1nnc(-c2nnn(Cc3cccc(C)c3)c2N)n1C[C@H]1CCCO1. The summed E-state index contributed by atoms with van der Waals surface area (Å²) in [5, 5.41) is 22.2. The van der Waals surface area contributed by atoms with E-state index in [0.29, 0.717) is 42.2 Å². The monoisotopic (exact) mass is 485 g/mol. The van der Waals surface area contributed by atoms with Crippen molar-refractivity contribution in [3.8, 4) is 11.5 Å². The fourth-order valence-electron chi connectivity index (χ4n) is 3.66. The number of thioether (sulfide) groups is 1. The van der Waals surface area contributed by atoms with Gasteiger partial charge in [0.05, 0.1) is 24.9 Å². The molecule has 1 fully saturated rings. The highest BCUT2D eigenvalue weighted by Gasteiger charge is 2.25. The molecule has 3 heterocycles. The number of urea groups is 1. The highest BCUT2D eigenvalue weighted by Crippen LogP contribution is 2.28. The van der Waals surface area contributed by atoms with E-state index < -0.39 is 11.9 Å². The number of anilines is 1. The second-order valence-corrected chi connectivity index (χ2v) is 8.88. The zero-order valence-corrected chi connectivity index (χ0v) is 19.8. The van der Waals surface area contributed by atoms with Crippen LogP contribution in [-0.4, -0.2) is 67.2 Å². The molecule has 0 radical (unpaired) electrons. The predicted octanol–water partition coefficient (Wildman–Crippen LogP) is 1.20. The van der Waals surface area contributed by atoms with Crippen molar-refractivity contribution in [1.82, 2.24) is 40.4 Å². The molecule has 12 nitrogen and oxygen atoms in total. The third-order valence-corrected chi connectivity index (χ3v) is 6.31. The van der Waals surface area contributed by atoms with Gasteiger partial charge in [-0.05, 0) is 25.3 Å². The van der Waals surface area contributed by atoms with Crippen LogP contribution >= 0.6 is 11.8 Å². The zero-order chi connectivity index (χ0) is 24.1. The van der Waals surface area contributed by atoms with Crippen LogP contribution in [0.3, 0.4) is 0 Å². The van der Waals surface area contributed by atoms with E-state index in [4.69, 9.17) is 10.5 Å². The molecule has 1 aromatic carbocycles. The number of carbonyl (C=O) groups excluding carboxylic acids is 2. The number of aromatic nitrogens is 6. The number of aryl methyl sites for hydroxylation is 1. The summed E-state index contributed by atoms with van der Waals surface area (Å²) in [5.41, 5.74) is 9.03. The molecule has 3 amide bonds. The number of amides is 3. The average molecular weight is 486 g/mol. The van der Waals surface area contributed by atoms with Gasteiger partial charge in [0.15, 0.2) is 22.5 Å². The fourth-order valence-corrected chi connectivity index (χ4v) is 4.41. The van der Waals surface area contributed by atoms with Crippen molar-refractivity contribution in [2.75, 3.05) is 25.1 Å². The lowest BCUT2D eigenvalue weighted by Gasteiger charge is -2.14. The van der Waals surface area contributed by atoms with Crippen LogP contribution in [0, 0.1) is 6.92 Å². The molecular formula is C21H27N9O3S. The first-order chi connectivity index (χ1) is 16.4. The van der Waals surface area contributed by atoms with Crippen LogP contribution in [0.2, 0.25) is 0 Å². The van der Waals surface area contributed by atoms with Crippen molar-refractivity contribution < 1.29 is 14.3 Å². The molecule has 34 heavy (non-hydrogen) atoms. The lowest BCUT2D eigenvalue weighted by molar-refractivity contribution is -0.117. The lowest BCUT2D eigenvalue weighted by Crippen LogP contribution is -2.38. The maximum Gasteiger partial charge on any atom is 0.321 e. The Morgan fingerprint density at radius 3 is 2.88 bits per heavy atom. The first-order valence-electron chi connectivity index (χ1n) is 10.9. The van der Waals surface area contributed by atoms with E-state index in [1.54, 1.807) is 4.68 Å². The Labute approximate surface area is 200 Å². The van der Waals surface area contributed by atoms with Gasteiger partial charge in [-0.15, -0.1) is 15.3 Å². The van der Waals surface area contributed by atoms with Gasteiger partial charge in [0.2, 0.25) is 5.91 Å². The molecule has 0 bridgehead atoms. The van der Waals surface area contributed by atoms with E-state index in [-0.39, 0.29) is 11.9 Å². The first kappa shape index (κ1) is 23.7. The van der Waals surface area contributed by atoms with Crippen LogP contribution in [0.25, 0.3) is 11.5 Å². The summed E-state index contributed by atoms with van der Waals surface area (Å²) in [6.45, 7) is 3.70. The van der Waals surface area contributed by atoms with Crippen molar-refractivity contribution in [1.29, 1.82) is 0 Å². The minimum Gasteiger partial charge on any atom is -0.382 e. The highest BCUT2D eigenvalue weighted by molar-refractivity contribution is 7.99. The van der Waals surface area contributed by atoms with Gasteiger partial charge in [0, 0.05) is 13.7 Å². The highest BCUT2D eigenvalue weighted by atomic mass is 32.2. The van der Waals surface area contributed by atoms with Crippen molar-refractivity contribution in [2.45, 2.75) is 44.1 Å². The Balaban J connectivity index is 1.57. The molecule has 4 rings (SSSR count). The third-order valence-electron chi connectivity index (χ3n) is 5.34. The molecule has 0 unspecified atom stereocenters. The summed E-state index contributed by atoms with van der Waals surface area (Å²) in [7, 11) is 1.44. The minimum absolute atomic E-state index is 0.00245. The number of imide groups is 1. The molecule has 0 aliphatic carbocycles. The maximum absolute atomic E-state index is 12.1. The fraction of sp³-hybridized carbons (Fsp3) is 0.429. The third kappa shape index (κ3) is 5.54. The molecule has 13 heteroatoms. The van der Waals surface area contributed by atoms with Gasteiger partial charge in [-0.1, -0.05) is 46.8 Å². The van der Waals surface area contributed by atoms with Crippen LogP contribution in [0.1, 0.15) is 24.0 Å². The van der Waals surface area contributed by atoms with E-state index >= 15 is 0 Å². The molecule has 1 aliphatic rings. The van der Waals surface area contributed by atoms with E-state index in [1.165, 1.54) is 18.8 Å². The van der Waals surface area contributed by atoms with E-state index in [1.807, 2.05) is 29.7 Å². The summed E-state index contributed by atoms with van der Waals surface area (Å²) in [4.78, 5) is 23.4. The number of ether oxygens (including phenoxy) is 1. The number of nitrogens with zero attached hydrogens (tertiary/aromatic N) is 6. The summed E-state index contributed by atoms with van der Waals surface area (Å²) >= 11 is 1.17. The van der Waals surface area contributed by atoms with Crippen LogP contribution < -0.4 is 16.4 Å². The number of benzene rings is 1. The Hall–Kier alpha value is -3.45. The topological polar surface area (TPSA) is 155 Å². The summed E-state index contributed by atoms with van der Waals surface area (Å²) in [6.07, 6.45) is 1.89. The maximum atomic E-state index is 12.1. The Bertz CT molecular complexity index is 1170. The number of rotatable bonds is 8. The van der Waals surface area contributed by atoms with Crippen LogP contribution in [0.15, 0.2) is 29.4 Å². The van der Waals surface area contributed by atoms with Crippen molar-refractivity contribution in [3.63, 3.8) is 0 Å². The van der Waals surface area contributed by atoms with E-state index in [0.717, 1.165) is 24.0 Å². The molecule has 1 saturated heterocycles. The van der Waals surface area contributed by atoms with E-state index in [9.17, 15) is 9.59 Å². The van der Waals surface area contributed by atoms with Gasteiger partial charge in [0.1, 0.15) is 0 Å². The van der Waals surface area contributed by atoms with Crippen LogP contribution in [0.5, 0.6) is 0 Å². The van der Waals surface area contributed by atoms with Crippen molar-refractivity contribution >= 4 is 29.5 Å². The largest absolute Gasteiger partial charge is 0.382 e. The summed E-state index contributed by atoms with van der Waals surface area (Å²) in [6, 6.07) is 7.53. The number of nitrogens with one attached hydrogen (secondary N) is 2. The smallest absolute Gasteiger partial charge is 0.321 e. The minimum atomic E-state index is -0.565. The zero-order valence-electron chi connectivity index (χ0n) is 19.0. The Morgan fingerprint density at radius 2 is 2.15 bits per heavy atom. The molecular weight excluding hydrogens is 458 g/mol. The molecule has 3 aromatic rings. The number of nitrogen functional groups attached to an aromatic ring is 1. The molecule has 1 aliphatic heterocycles. The molecule has 0 spiro atoms. The van der Waals surface area contributed by atoms with Crippen LogP contribution in [-0.2, 0) is 22.6 Å². The normalized spacial score (nSPS) is 15.4. The van der Waals surface area contributed by atoms with Crippen LogP contribution in [0.4, 0.5) is 10.6 Å². The number of hydrogen-bond donors (Lipinski definition) is 3. The summed E-state index contributed by atoms with van der Waals surface area (Å²) in [5.74, 6) is 0.377. The number of nitrogens with two attached hydrogens (primary N) is 1. The van der Waals surface area contributed by atoms with Gasteiger partial charge >= 0.3 is 6.03 Å². The van der Waals surface area contributed by atoms with Gasteiger partial charge in [-0.3, -0.25) is 14.7 Å². The van der Waals surface area contributed by atoms with Gasteiger partial charge in [-0.25, -0.2) is 9.48 Å². The first-order valence-corrected chi connectivity index (χ1v) is 11.9. The molecule has 1 atom stereocenters. The van der Waals surface area contributed by atoms with Gasteiger partial charge in [0.25, 0.3) is 0 Å².